The summed E-state index contributed by atoms with van der Waals surface area (Å²) in [6, 6.07) is 4.12. The number of fused-ring (bicyclic) bond motifs is 1. The lowest BCUT2D eigenvalue weighted by Gasteiger charge is -2.38. The summed E-state index contributed by atoms with van der Waals surface area (Å²) >= 11 is 0. The van der Waals surface area contributed by atoms with Crippen LogP contribution in [0.4, 0.5) is 5.82 Å². The highest BCUT2D eigenvalue weighted by molar-refractivity contribution is 5.67. The van der Waals surface area contributed by atoms with E-state index in [-0.39, 0.29) is 5.60 Å². The summed E-state index contributed by atoms with van der Waals surface area (Å²) in [4.78, 5) is 4.42. The molecule has 0 amide bonds. The number of nitrogens with zero attached hydrogens (tertiary/aromatic N) is 2. The monoisotopic (exact) mass is 257 g/mol. The van der Waals surface area contributed by atoms with Gasteiger partial charge in [-0.05, 0) is 44.2 Å². The molecule has 0 bridgehead atoms. The molecule has 2 aliphatic rings. The molecule has 2 aromatic rings. The van der Waals surface area contributed by atoms with Crippen LogP contribution in [-0.2, 0) is 4.74 Å². The van der Waals surface area contributed by atoms with E-state index in [1.807, 2.05) is 24.7 Å². The molecule has 1 unspecified atom stereocenters. The van der Waals surface area contributed by atoms with Crippen LogP contribution in [0.2, 0.25) is 0 Å². The summed E-state index contributed by atoms with van der Waals surface area (Å²) in [6.07, 6.45) is 12.5. The third kappa shape index (κ3) is 1.91. The average Bonchev–Trinajstić information content (AvgIpc) is 3.02. The topological polar surface area (TPSA) is 38.6 Å². The van der Waals surface area contributed by atoms with Gasteiger partial charge < -0.3 is 14.5 Å². The van der Waals surface area contributed by atoms with Gasteiger partial charge in [0.1, 0.15) is 5.82 Å². The number of aromatic nitrogens is 2. The van der Waals surface area contributed by atoms with Crippen molar-refractivity contribution in [2.24, 2.45) is 0 Å². The minimum absolute atomic E-state index is 0.251. The van der Waals surface area contributed by atoms with Crippen LogP contribution in [0.1, 0.15) is 32.1 Å². The maximum atomic E-state index is 6.20. The van der Waals surface area contributed by atoms with E-state index in [0.29, 0.717) is 6.10 Å². The van der Waals surface area contributed by atoms with Crippen LogP contribution in [0.5, 0.6) is 0 Å². The van der Waals surface area contributed by atoms with E-state index in [0.717, 1.165) is 17.9 Å². The molecule has 1 saturated heterocycles. The highest BCUT2D eigenvalue weighted by atomic mass is 16.5. The van der Waals surface area contributed by atoms with E-state index in [1.54, 1.807) is 0 Å². The lowest BCUT2D eigenvalue weighted by atomic mass is 9.78. The molecule has 1 atom stereocenters. The molecule has 0 aromatic carbocycles. The maximum Gasteiger partial charge on any atom is 0.150 e. The maximum absolute atomic E-state index is 6.20. The van der Waals surface area contributed by atoms with E-state index in [1.165, 1.54) is 32.1 Å². The Kier molecular flexibility index (Phi) is 2.52. The van der Waals surface area contributed by atoms with Gasteiger partial charge in [-0.3, -0.25) is 0 Å². The van der Waals surface area contributed by atoms with Crippen molar-refractivity contribution in [1.29, 1.82) is 0 Å². The van der Waals surface area contributed by atoms with Crippen molar-refractivity contribution >= 4 is 11.3 Å². The predicted octanol–water partition coefficient (Wildman–Crippen LogP) is 2.85. The van der Waals surface area contributed by atoms with Crippen molar-refractivity contribution in [3.8, 4) is 0 Å². The van der Waals surface area contributed by atoms with Gasteiger partial charge in [0.15, 0.2) is 0 Å². The van der Waals surface area contributed by atoms with Crippen LogP contribution in [-0.4, -0.2) is 27.6 Å². The van der Waals surface area contributed by atoms with Crippen molar-refractivity contribution in [3.63, 3.8) is 0 Å². The molecule has 4 rings (SSSR count). The molecule has 1 saturated carbocycles. The van der Waals surface area contributed by atoms with Crippen LogP contribution in [0.3, 0.4) is 0 Å². The van der Waals surface area contributed by atoms with Gasteiger partial charge in [-0.25, -0.2) is 4.98 Å². The molecule has 1 spiro atoms. The highest BCUT2D eigenvalue weighted by Gasteiger charge is 2.44. The number of nitrogens with one attached hydrogen (secondary N) is 1. The Morgan fingerprint density at radius 2 is 2.32 bits per heavy atom. The second-order valence-electron chi connectivity index (χ2n) is 5.77. The standard InChI is InChI=1S/C15H19N3O/c1-3-13-14(16-8-10-18(13)9-1)17-11-12-4-7-15(19-12)5-2-6-15/h1,3,8-10,12H,2,4-7,11H2,(H,16,17). The second-order valence-corrected chi connectivity index (χ2v) is 5.77. The minimum atomic E-state index is 0.251. The minimum Gasteiger partial charge on any atom is -0.370 e. The molecule has 100 valence electrons. The fraction of sp³-hybridized carbons (Fsp3) is 0.533. The highest BCUT2D eigenvalue weighted by Crippen LogP contribution is 2.45. The Morgan fingerprint density at radius 3 is 3.11 bits per heavy atom. The molecule has 3 heterocycles. The molecule has 4 nitrogen and oxygen atoms in total. The second kappa shape index (κ2) is 4.23. The summed E-state index contributed by atoms with van der Waals surface area (Å²) in [5.74, 6) is 0.950. The molecule has 2 aromatic heterocycles. The number of hydrogen-bond acceptors (Lipinski definition) is 3. The Hall–Kier alpha value is -1.55. The van der Waals surface area contributed by atoms with Gasteiger partial charge in [0.05, 0.1) is 17.2 Å². The van der Waals surface area contributed by atoms with Crippen LogP contribution in [0.25, 0.3) is 5.52 Å². The first-order chi connectivity index (χ1) is 9.35. The fourth-order valence-electron chi connectivity index (χ4n) is 3.30. The van der Waals surface area contributed by atoms with Gasteiger partial charge in [-0.1, -0.05) is 0 Å². The molecular weight excluding hydrogens is 238 g/mol. The largest absolute Gasteiger partial charge is 0.370 e. The predicted molar refractivity (Wildman–Crippen MR) is 74.4 cm³/mol. The normalized spacial score (nSPS) is 24.7. The van der Waals surface area contributed by atoms with Crippen LogP contribution in [0, 0.1) is 0 Å². The van der Waals surface area contributed by atoms with E-state index in [4.69, 9.17) is 4.74 Å². The third-order valence-corrected chi connectivity index (χ3v) is 4.55. The summed E-state index contributed by atoms with van der Waals surface area (Å²) in [5, 5.41) is 3.44. The zero-order valence-corrected chi connectivity index (χ0v) is 11.0. The van der Waals surface area contributed by atoms with Gasteiger partial charge in [0, 0.05) is 25.1 Å². The summed E-state index contributed by atoms with van der Waals surface area (Å²) < 4.78 is 8.28. The first-order valence-electron chi connectivity index (χ1n) is 7.18. The third-order valence-electron chi connectivity index (χ3n) is 4.55. The van der Waals surface area contributed by atoms with E-state index in [9.17, 15) is 0 Å². The summed E-state index contributed by atoms with van der Waals surface area (Å²) in [7, 11) is 0. The zero-order chi connectivity index (χ0) is 12.7. The number of hydrogen-bond donors (Lipinski definition) is 1. The number of rotatable bonds is 3. The SMILES string of the molecule is c1cc2c(NCC3CCC4(CCC4)O3)nccn2c1. The van der Waals surface area contributed by atoms with E-state index in [2.05, 4.69) is 20.8 Å². The molecule has 1 aliphatic heterocycles. The number of anilines is 1. The van der Waals surface area contributed by atoms with Crippen LogP contribution >= 0.6 is 0 Å². The average molecular weight is 257 g/mol. The lowest BCUT2D eigenvalue weighted by Crippen LogP contribution is -2.37. The van der Waals surface area contributed by atoms with Gasteiger partial charge in [-0.2, -0.15) is 0 Å². The van der Waals surface area contributed by atoms with Gasteiger partial charge in [0.2, 0.25) is 0 Å². The van der Waals surface area contributed by atoms with Crippen molar-refractivity contribution < 1.29 is 4.74 Å². The molecular formula is C15H19N3O. The Morgan fingerprint density at radius 1 is 1.37 bits per heavy atom. The van der Waals surface area contributed by atoms with Gasteiger partial charge in [-0.15, -0.1) is 0 Å². The quantitative estimate of drug-likeness (QED) is 0.919. The summed E-state index contributed by atoms with van der Waals surface area (Å²) in [6.45, 7) is 0.861. The van der Waals surface area contributed by atoms with Crippen molar-refractivity contribution in [1.82, 2.24) is 9.38 Å². The van der Waals surface area contributed by atoms with Crippen molar-refractivity contribution in [2.45, 2.75) is 43.8 Å². The Balaban J connectivity index is 1.43. The molecule has 19 heavy (non-hydrogen) atoms. The summed E-state index contributed by atoms with van der Waals surface area (Å²) in [5.41, 5.74) is 1.37. The molecule has 4 heteroatoms. The van der Waals surface area contributed by atoms with E-state index >= 15 is 0 Å². The van der Waals surface area contributed by atoms with Crippen molar-refractivity contribution in [3.05, 3.63) is 30.7 Å². The number of ether oxygens (including phenoxy) is 1. The molecule has 1 aliphatic carbocycles. The van der Waals surface area contributed by atoms with Crippen LogP contribution < -0.4 is 5.32 Å². The Labute approximate surface area is 112 Å². The zero-order valence-electron chi connectivity index (χ0n) is 11.0. The van der Waals surface area contributed by atoms with Crippen molar-refractivity contribution in [2.75, 3.05) is 11.9 Å². The fourth-order valence-corrected chi connectivity index (χ4v) is 3.30. The molecule has 1 N–H and O–H groups in total. The van der Waals surface area contributed by atoms with Crippen LogP contribution in [0.15, 0.2) is 30.7 Å². The van der Waals surface area contributed by atoms with Gasteiger partial charge >= 0.3 is 0 Å². The smallest absolute Gasteiger partial charge is 0.150 e. The first-order valence-corrected chi connectivity index (χ1v) is 7.18. The lowest BCUT2D eigenvalue weighted by molar-refractivity contribution is -0.0866. The molecule has 2 fully saturated rings. The molecule has 0 radical (unpaired) electrons. The van der Waals surface area contributed by atoms with Gasteiger partial charge in [0.25, 0.3) is 0 Å². The first kappa shape index (κ1) is 11.3. The Bertz CT molecular complexity index is 588. The van der Waals surface area contributed by atoms with E-state index < -0.39 is 0 Å².